The van der Waals surface area contributed by atoms with Crippen LogP contribution >= 0.6 is 0 Å². The molecule has 0 saturated heterocycles. The quantitative estimate of drug-likeness (QED) is 0.756. The Morgan fingerprint density at radius 2 is 2.00 bits per heavy atom. The largest absolute Gasteiger partial charge is 0.542 e. The second kappa shape index (κ2) is 7.23. The number of hydrogen-bond acceptors (Lipinski definition) is 2. The molecular formula is C15H27BO2. The van der Waals surface area contributed by atoms with Gasteiger partial charge in [-0.2, -0.15) is 0 Å². The topological polar surface area (TPSA) is 29.5 Å². The van der Waals surface area contributed by atoms with Gasteiger partial charge in [-0.3, -0.25) is 0 Å². The van der Waals surface area contributed by atoms with E-state index in [0.717, 1.165) is 29.9 Å². The number of allylic oxidation sites excluding steroid dienone is 2. The Hall–Kier alpha value is -0.435. The molecule has 1 N–H and O–H groups in total. The van der Waals surface area contributed by atoms with Gasteiger partial charge in [-0.25, -0.2) is 0 Å². The van der Waals surface area contributed by atoms with E-state index in [1.165, 1.54) is 51.4 Å². The molecule has 2 aliphatic carbocycles. The first-order valence-corrected chi connectivity index (χ1v) is 7.76. The first-order valence-electron chi connectivity index (χ1n) is 7.76. The molecule has 0 bridgehead atoms. The van der Waals surface area contributed by atoms with E-state index in [1.807, 2.05) is 0 Å². The van der Waals surface area contributed by atoms with Crippen LogP contribution in [0.4, 0.5) is 0 Å². The maximum absolute atomic E-state index is 8.75. The lowest BCUT2D eigenvalue weighted by molar-refractivity contribution is 0.179. The molecule has 0 amide bonds. The van der Waals surface area contributed by atoms with Gasteiger partial charge >= 0.3 is 7.69 Å². The van der Waals surface area contributed by atoms with Crippen molar-refractivity contribution in [1.82, 2.24) is 0 Å². The summed E-state index contributed by atoms with van der Waals surface area (Å²) in [5, 5.41) is 8.75. The van der Waals surface area contributed by atoms with Crippen molar-refractivity contribution in [2.75, 3.05) is 0 Å². The predicted octanol–water partition coefficient (Wildman–Crippen LogP) is 3.55. The molecule has 1 unspecified atom stereocenters. The van der Waals surface area contributed by atoms with Crippen LogP contribution in [0.1, 0.15) is 64.7 Å². The van der Waals surface area contributed by atoms with Crippen LogP contribution in [0, 0.1) is 17.8 Å². The van der Waals surface area contributed by atoms with Crippen molar-refractivity contribution < 1.29 is 9.68 Å². The molecule has 18 heavy (non-hydrogen) atoms. The van der Waals surface area contributed by atoms with E-state index in [-0.39, 0.29) is 7.69 Å². The van der Waals surface area contributed by atoms with Crippen LogP contribution in [0.25, 0.3) is 0 Å². The van der Waals surface area contributed by atoms with Crippen LogP contribution in [-0.2, 0) is 4.65 Å². The van der Waals surface area contributed by atoms with E-state index >= 15 is 0 Å². The maximum Gasteiger partial charge on any atom is 0.503 e. The molecule has 102 valence electrons. The molecule has 2 rings (SSSR count). The van der Waals surface area contributed by atoms with Gasteiger partial charge in [0.15, 0.2) is 0 Å². The third-order valence-corrected chi connectivity index (χ3v) is 4.91. The van der Waals surface area contributed by atoms with Crippen LogP contribution in [0.5, 0.6) is 0 Å². The van der Waals surface area contributed by atoms with Gasteiger partial charge in [-0.05, 0) is 49.5 Å². The zero-order valence-corrected chi connectivity index (χ0v) is 11.7. The van der Waals surface area contributed by atoms with Crippen LogP contribution in [0.3, 0.4) is 0 Å². The van der Waals surface area contributed by atoms with Gasteiger partial charge in [0.1, 0.15) is 0 Å². The zero-order valence-electron chi connectivity index (χ0n) is 11.7. The lowest BCUT2D eigenvalue weighted by Crippen LogP contribution is -2.23. The molecular weight excluding hydrogens is 223 g/mol. The molecule has 0 aromatic heterocycles. The molecule has 0 aliphatic heterocycles. The van der Waals surface area contributed by atoms with E-state index in [2.05, 4.69) is 13.0 Å². The predicted molar refractivity (Wildman–Crippen MR) is 76.2 cm³/mol. The molecule has 1 atom stereocenters. The van der Waals surface area contributed by atoms with Gasteiger partial charge in [-0.15, -0.1) is 0 Å². The first-order chi connectivity index (χ1) is 8.83. The molecule has 1 fully saturated rings. The molecule has 0 heterocycles. The van der Waals surface area contributed by atoms with E-state index in [1.54, 1.807) is 0 Å². The smallest absolute Gasteiger partial charge is 0.503 e. The van der Waals surface area contributed by atoms with Gasteiger partial charge < -0.3 is 9.68 Å². The Kier molecular flexibility index (Phi) is 5.61. The summed E-state index contributed by atoms with van der Waals surface area (Å²) in [5.41, 5.74) is 0. The molecule has 2 nitrogen and oxygen atoms in total. The summed E-state index contributed by atoms with van der Waals surface area (Å²) in [5.74, 6) is 3.84. The third-order valence-electron chi connectivity index (χ3n) is 4.91. The summed E-state index contributed by atoms with van der Waals surface area (Å²) in [7, 11) is -0.168. The highest BCUT2D eigenvalue weighted by Crippen LogP contribution is 2.40. The van der Waals surface area contributed by atoms with Gasteiger partial charge in [0.2, 0.25) is 0 Å². The summed E-state index contributed by atoms with van der Waals surface area (Å²) in [6, 6.07) is 0. The highest BCUT2D eigenvalue weighted by Gasteiger charge is 2.28. The first kappa shape index (κ1) is 14.0. The Labute approximate surface area is 112 Å². The molecule has 1 saturated carbocycles. The maximum atomic E-state index is 8.75. The molecule has 0 aromatic carbocycles. The van der Waals surface area contributed by atoms with Crippen molar-refractivity contribution in [3.63, 3.8) is 0 Å². The lowest BCUT2D eigenvalue weighted by atomic mass is 9.71. The second-order valence-corrected chi connectivity index (χ2v) is 6.05. The molecule has 2 aliphatic rings. The summed E-state index contributed by atoms with van der Waals surface area (Å²) >= 11 is 0. The standard InChI is InChI=1S/C15H27BO2/c1-2-3-12-4-6-13(7-5-12)14-8-10-15(11-9-14)18-16-17/h10,12-14,16-17H,2-9,11H2,1H3/t12-,13-,14?. The minimum atomic E-state index is -0.168. The van der Waals surface area contributed by atoms with Crippen molar-refractivity contribution >= 4 is 7.69 Å². The Bertz CT molecular complexity index is 270. The third kappa shape index (κ3) is 3.78. The van der Waals surface area contributed by atoms with Crippen LogP contribution in [0.15, 0.2) is 11.8 Å². The van der Waals surface area contributed by atoms with Gasteiger partial charge in [-0.1, -0.05) is 32.6 Å². The van der Waals surface area contributed by atoms with E-state index in [9.17, 15) is 0 Å². The van der Waals surface area contributed by atoms with Crippen molar-refractivity contribution in [3.05, 3.63) is 11.8 Å². The van der Waals surface area contributed by atoms with Crippen molar-refractivity contribution in [1.29, 1.82) is 0 Å². The van der Waals surface area contributed by atoms with E-state index < -0.39 is 0 Å². The fourth-order valence-corrected chi connectivity index (χ4v) is 3.83. The average Bonchev–Trinajstić information content (AvgIpc) is 2.41. The van der Waals surface area contributed by atoms with E-state index in [0.29, 0.717) is 0 Å². The van der Waals surface area contributed by atoms with Crippen LogP contribution in [0.2, 0.25) is 0 Å². The van der Waals surface area contributed by atoms with Gasteiger partial charge in [0.25, 0.3) is 0 Å². The summed E-state index contributed by atoms with van der Waals surface area (Å²) in [4.78, 5) is 0. The zero-order chi connectivity index (χ0) is 12.8. The Morgan fingerprint density at radius 3 is 2.56 bits per heavy atom. The normalized spacial score (nSPS) is 32.8. The average molecular weight is 250 g/mol. The number of rotatable bonds is 5. The van der Waals surface area contributed by atoms with Crippen LogP contribution in [-0.4, -0.2) is 12.7 Å². The lowest BCUT2D eigenvalue weighted by Gasteiger charge is -2.35. The van der Waals surface area contributed by atoms with Crippen molar-refractivity contribution in [2.24, 2.45) is 17.8 Å². The minimum Gasteiger partial charge on any atom is -0.542 e. The van der Waals surface area contributed by atoms with Crippen molar-refractivity contribution in [3.8, 4) is 0 Å². The summed E-state index contributed by atoms with van der Waals surface area (Å²) < 4.78 is 5.18. The van der Waals surface area contributed by atoms with Gasteiger partial charge in [0.05, 0.1) is 5.76 Å². The fraction of sp³-hybridized carbons (Fsp3) is 0.867. The summed E-state index contributed by atoms with van der Waals surface area (Å²) in [6.07, 6.45) is 14.3. The molecule has 3 heteroatoms. The second-order valence-electron chi connectivity index (χ2n) is 6.05. The Balaban J connectivity index is 1.74. The number of hydrogen-bond donors (Lipinski definition) is 1. The Morgan fingerprint density at radius 1 is 1.22 bits per heavy atom. The molecule has 0 radical (unpaired) electrons. The van der Waals surface area contributed by atoms with Crippen molar-refractivity contribution in [2.45, 2.75) is 64.7 Å². The minimum absolute atomic E-state index is 0.168. The fourth-order valence-electron chi connectivity index (χ4n) is 3.83. The SMILES string of the molecule is CCC[C@H]1CC[C@H](C2CC=C(OBO)CC2)CC1. The highest BCUT2D eigenvalue weighted by molar-refractivity contribution is 6.16. The molecule has 0 spiro atoms. The molecule has 0 aromatic rings. The van der Waals surface area contributed by atoms with Gasteiger partial charge in [0, 0.05) is 6.42 Å². The van der Waals surface area contributed by atoms with E-state index in [4.69, 9.17) is 9.68 Å². The highest BCUT2D eigenvalue weighted by atomic mass is 16.5. The van der Waals surface area contributed by atoms with Crippen LogP contribution < -0.4 is 0 Å². The monoisotopic (exact) mass is 250 g/mol. The summed E-state index contributed by atoms with van der Waals surface area (Å²) in [6.45, 7) is 2.31.